The predicted octanol–water partition coefficient (Wildman–Crippen LogP) is 3.94. The third-order valence-electron chi connectivity index (χ3n) is 5.11. The Bertz CT molecular complexity index is 1010. The fraction of sp³-hybridized carbons (Fsp3) is 0.217. The summed E-state index contributed by atoms with van der Waals surface area (Å²) < 4.78 is 7.19. The number of benzene rings is 2. The van der Waals surface area contributed by atoms with Crippen LogP contribution in [0, 0.1) is 0 Å². The molecule has 1 heterocycles. The zero-order valence-electron chi connectivity index (χ0n) is 16.3. The summed E-state index contributed by atoms with van der Waals surface area (Å²) in [6.45, 7) is 0.815. The number of nitrogens with one attached hydrogen (secondary N) is 1. The fourth-order valence-electron chi connectivity index (χ4n) is 3.77. The van der Waals surface area contributed by atoms with Gasteiger partial charge in [0, 0.05) is 31.3 Å². The van der Waals surface area contributed by atoms with Crippen LogP contribution in [0.15, 0.2) is 60.8 Å². The van der Waals surface area contributed by atoms with Crippen LogP contribution in [0.25, 0.3) is 17.2 Å². The molecule has 4 rings (SSSR count). The van der Waals surface area contributed by atoms with Crippen LogP contribution < -0.4 is 11.1 Å². The summed E-state index contributed by atoms with van der Waals surface area (Å²) in [5, 5.41) is 6.88. The van der Waals surface area contributed by atoms with Crippen LogP contribution in [-0.4, -0.2) is 29.0 Å². The van der Waals surface area contributed by atoms with Gasteiger partial charge in [0.25, 0.3) is 0 Å². The molecule has 0 saturated heterocycles. The highest BCUT2D eigenvalue weighted by molar-refractivity contribution is 5.79. The molecule has 0 bridgehead atoms. The summed E-state index contributed by atoms with van der Waals surface area (Å²) in [5.74, 6) is 0.565. The standard InChI is InChI=1S/C23H24N4O2/c1-27-14-16(22(24)26-27)8-6-7-13-25-23(28)29-15-21-19-11-4-2-9-17(19)18-10-3-5-12-20(18)21/h2-6,8-12,14,21H,7,13,15H2,1H3,(H2,24,26)(H,25,28). The lowest BCUT2D eigenvalue weighted by atomic mass is 9.98. The number of nitrogens with two attached hydrogens (primary N) is 1. The molecular formula is C23H24N4O2. The molecule has 0 atom stereocenters. The molecule has 0 unspecified atom stereocenters. The topological polar surface area (TPSA) is 82.2 Å². The minimum atomic E-state index is -0.402. The highest BCUT2D eigenvalue weighted by Gasteiger charge is 2.28. The molecule has 0 fully saturated rings. The Morgan fingerprint density at radius 2 is 1.83 bits per heavy atom. The molecule has 1 aliphatic rings. The van der Waals surface area contributed by atoms with Crippen LogP contribution in [0.3, 0.4) is 0 Å². The maximum absolute atomic E-state index is 12.1. The Hall–Kier alpha value is -3.54. The van der Waals surface area contributed by atoms with E-state index in [1.54, 1.807) is 4.68 Å². The van der Waals surface area contributed by atoms with Gasteiger partial charge in [-0.2, -0.15) is 5.10 Å². The first-order valence-electron chi connectivity index (χ1n) is 9.68. The van der Waals surface area contributed by atoms with Gasteiger partial charge in [-0.05, 0) is 28.7 Å². The molecule has 0 spiro atoms. The number of carbonyl (C=O) groups excluding carboxylic acids is 1. The smallest absolute Gasteiger partial charge is 0.407 e. The number of carbonyl (C=O) groups is 1. The van der Waals surface area contributed by atoms with E-state index in [-0.39, 0.29) is 5.92 Å². The van der Waals surface area contributed by atoms with E-state index in [1.165, 1.54) is 22.3 Å². The maximum atomic E-state index is 12.1. The molecule has 0 aliphatic heterocycles. The van der Waals surface area contributed by atoms with Crippen LogP contribution in [0.4, 0.5) is 10.6 Å². The van der Waals surface area contributed by atoms with Crippen molar-refractivity contribution in [3.8, 4) is 11.1 Å². The van der Waals surface area contributed by atoms with Crippen molar-refractivity contribution >= 4 is 18.0 Å². The lowest BCUT2D eigenvalue weighted by Crippen LogP contribution is -2.26. The monoisotopic (exact) mass is 388 g/mol. The quantitative estimate of drug-likeness (QED) is 0.627. The van der Waals surface area contributed by atoms with Crippen molar-refractivity contribution in [2.24, 2.45) is 7.05 Å². The van der Waals surface area contributed by atoms with Gasteiger partial charge in [0.05, 0.1) is 0 Å². The summed E-state index contributed by atoms with van der Waals surface area (Å²) in [6, 6.07) is 16.6. The van der Waals surface area contributed by atoms with Crippen molar-refractivity contribution in [2.45, 2.75) is 12.3 Å². The molecule has 3 N–H and O–H groups in total. The van der Waals surface area contributed by atoms with Gasteiger partial charge < -0.3 is 15.8 Å². The molecule has 1 amide bonds. The molecule has 0 radical (unpaired) electrons. The van der Waals surface area contributed by atoms with Crippen molar-refractivity contribution in [1.29, 1.82) is 0 Å². The Labute approximate surface area is 170 Å². The van der Waals surface area contributed by atoms with Gasteiger partial charge in [0.1, 0.15) is 6.61 Å². The molecule has 1 aromatic heterocycles. The normalized spacial score (nSPS) is 12.7. The molecular weight excluding hydrogens is 364 g/mol. The van der Waals surface area contributed by atoms with Crippen LogP contribution >= 0.6 is 0 Å². The zero-order chi connectivity index (χ0) is 20.2. The summed E-state index contributed by atoms with van der Waals surface area (Å²) in [4.78, 5) is 12.1. The fourth-order valence-corrected chi connectivity index (χ4v) is 3.77. The lowest BCUT2D eigenvalue weighted by molar-refractivity contribution is 0.143. The lowest BCUT2D eigenvalue weighted by Gasteiger charge is -2.14. The largest absolute Gasteiger partial charge is 0.449 e. The van der Waals surface area contributed by atoms with E-state index in [4.69, 9.17) is 10.5 Å². The minimum absolute atomic E-state index is 0.0709. The number of hydrogen-bond acceptors (Lipinski definition) is 4. The molecule has 0 saturated carbocycles. The second kappa shape index (κ2) is 8.22. The molecule has 1 aliphatic carbocycles. The number of rotatable bonds is 6. The minimum Gasteiger partial charge on any atom is -0.449 e. The van der Waals surface area contributed by atoms with Crippen LogP contribution in [0.2, 0.25) is 0 Å². The van der Waals surface area contributed by atoms with Crippen molar-refractivity contribution in [3.63, 3.8) is 0 Å². The Morgan fingerprint density at radius 3 is 2.45 bits per heavy atom. The van der Waals surface area contributed by atoms with E-state index < -0.39 is 6.09 Å². The van der Waals surface area contributed by atoms with E-state index in [0.29, 0.717) is 25.4 Å². The van der Waals surface area contributed by atoms with E-state index >= 15 is 0 Å². The molecule has 3 aromatic rings. The van der Waals surface area contributed by atoms with Crippen molar-refractivity contribution in [1.82, 2.24) is 15.1 Å². The third kappa shape index (κ3) is 4.01. The van der Waals surface area contributed by atoms with Crippen molar-refractivity contribution in [3.05, 3.63) is 77.5 Å². The number of aromatic nitrogens is 2. The number of anilines is 1. The van der Waals surface area contributed by atoms with E-state index in [0.717, 1.165) is 5.56 Å². The van der Waals surface area contributed by atoms with Crippen molar-refractivity contribution < 1.29 is 9.53 Å². The maximum Gasteiger partial charge on any atom is 0.407 e. The highest BCUT2D eigenvalue weighted by Crippen LogP contribution is 2.44. The number of fused-ring (bicyclic) bond motifs is 3. The number of amides is 1. The predicted molar refractivity (Wildman–Crippen MR) is 114 cm³/mol. The Balaban J connectivity index is 1.28. The molecule has 2 aromatic carbocycles. The van der Waals surface area contributed by atoms with Gasteiger partial charge in [0.15, 0.2) is 5.82 Å². The van der Waals surface area contributed by atoms with Gasteiger partial charge in [-0.3, -0.25) is 4.68 Å². The first-order valence-corrected chi connectivity index (χ1v) is 9.68. The van der Waals surface area contributed by atoms with Crippen LogP contribution in [-0.2, 0) is 11.8 Å². The molecule has 29 heavy (non-hydrogen) atoms. The van der Waals surface area contributed by atoms with Crippen molar-refractivity contribution in [2.75, 3.05) is 18.9 Å². The second-order valence-corrected chi connectivity index (χ2v) is 7.09. The van der Waals surface area contributed by atoms with E-state index in [2.05, 4.69) is 34.7 Å². The van der Waals surface area contributed by atoms with Crippen LogP contribution in [0.5, 0.6) is 0 Å². The van der Waals surface area contributed by atoms with Crippen LogP contribution in [0.1, 0.15) is 29.0 Å². The van der Waals surface area contributed by atoms with Gasteiger partial charge in [-0.25, -0.2) is 4.79 Å². The number of alkyl carbamates (subject to hydrolysis) is 1. The van der Waals surface area contributed by atoms with E-state index in [9.17, 15) is 4.79 Å². The van der Waals surface area contributed by atoms with Gasteiger partial charge in [-0.1, -0.05) is 60.7 Å². The molecule has 148 valence electrons. The SMILES string of the molecule is Cn1cc(C=CCCNC(=O)OCC2c3ccccc3-c3ccccc32)c(N)n1. The molecule has 6 nitrogen and oxygen atoms in total. The zero-order valence-corrected chi connectivity index (χ0v) is 16.3. The average molecular weight is 388 g/mol. The summed E-state index contributed by atoms with van der Waals surface area (Å²) in [7, 11) is 1.83. The number of nitrogen functional groups attached to an aromatic ring is 1. The highest BCUT2D eigenvalue weighted by atomic mass is 16.5. The third-order valence-corrected chi connectivity index (χ3v) is 5.11. The Kier molecular flexibility index (Phi) is 5.33. The van der Waals surface area contributed by atoms with Gasteiger partial charge in [-0.15, -0.1) is 0 Å². The second-order valence-electron chi connectivity index (χ2n) is 7.09. The molecule has 6 heteroatoms. The summed E-state index contributed by atoms with van der Waals surface area (Å²) in [6.07, 6.45) is 5.99. The van der Waals surface area contributed by atoms with Gasteiger partial charge >= 0.3 is 6.09 Å². The average Bonchev–Trinajstić information content (AvgIpc) is 3.22. The number of nitrogens with zero attached hydrogens (tertiary/aromatic N) is 2. The number of hydrogen-bond donors (Lipinski definition) is 2. The summed E-state index contributed by atoms with van der Waals surface area (Å²) in [5.41, 5.74) is 11.5. The number of ether oxygens (including phenoxy) is 1. The first-order chi connectivity index (χ1) is 14.1. The summed E-state index contributed by atoms with van der Waals surface area (Å²) >= 11 is 0. The number of aryl methyl sites for hydroxylation is 1. The Morgan fingerprint density at radius 1 is 1.17 bits per heavy atom. The van der Waals surface area contributed by atoms with Gasteiger partial charge in [0.2, 0.25) is 0 Å². The first kappa shape index (κ1) is 18.8. The van der Waals surface area contributed by atoms with E-state index in [1.807, 2.05) is 49.7 Å².